The van der Waals surface area contributed by atoms with Gasteiger partial charge in [-0.3, -0.25) is 9.69 Å². The topological polar surface area (TPSA) is 102 Å². The Balaban J connectivity index is 1.22. The molecule has 1 aliphatic heterocycles. The largest absolute Gasteiger partial charge is 0.507 e. The molecule has 9 nitrogen and oxygen atoms in total. The molecule has 0 unspecified atom stereocenters. The lowest BCUT2D eigenvalue weighted by molar-refractivity contribution is 0.107. The van der Waals surface area contributed by atoms with Gasteiger partial charge in [0.1, 0.15) is 40.2 Å². The minimum atomic E-state index is -0.418. The van der Waals surface area contributed by atoms with Crippen LogP contribution in [-0.2, 0) is 6.54 Å². The standard InChI is InChI=1S/C29H28N2O7/c1-35-22-15-24(32)27-26(16-22)37-18-23(28(27)33)19-7-9-21(10-8-19)38-29(34)31-13-11-30(12-14-31)17-20-5-3-4-6-25(20)36-2/h3-10,15-16,18,32H,11-14,17H2,1-2H3. The van der Waals surface area contributed by atoms with E-state index in [1.165, 1.54) is 19.4 Å². The molecule has 3 aromatic carbocycles. The van der Waals surface area contributed by atoms with Crippen molar-refractivity contribution >= 4 is 17.1 Å². The number of hydrogen-bond donors (Lipinski definition) is 1. The van der Waals surface area contributed by atoms with Crippen molar-refractivity contribution in [2.75, 3.05) is 40.4 Å². The highest BCUT2D eigenvalue weighted by Crippen LogP contribution is 2.30. The van der Waals surface area contributed by atoms with Gasteiger partial charge < -0.3 is 28.6 Å². The smallest absolute Gasteiger partial charge is 0.415 e. The molecule has 9 heteroatoms. The summed E-state index contributed by atoms with van der Waals surface area (Å²) >= 11 is 0. The number of rotatable bonds is 6. The van der Waals surface area contributed by atoms with Gasteiger partial charge in [-0.05, 0) is 23.8 Å². The summed E-state index contributed by atoms with van der Waals surface area (Å²) in [7, 11) is 3.13. The molecule has 1 saturated heterocycles. The molecule has 0 bridgehead atoms. The van der Waals surface area contributed by atoms with E-state index in [1.54, 1.807) is 42.3 Å². The van der Waals surface area contributed by atoms with Crippen LogP contribution in [-0.4, -0.2) is 61.4 Å². The van der Waals surface area contributed by atoms with Crippen LogP contribution in [0.1, 0.15) is 5.56 Å². The summed E-state index contributed by atoms with van der Waals surface area (Å²) in [5.41, 5.74) is 1.82. The first-order valence-corrected chi connectivity index (χ1v) is 12.2. The van der Waals surface area contributed by atoms with Crippen LogP contribution in [0.5, 0.6) is 23.0 Å². The number of fused-ring (bicyclic) bond motifs is 1. The Labute approximate surface area is 219 Å². The molecule has 0 spiro atoms. The molecule has 1 aliphatic rings. The number of para-hydroxylation sites is 1. The Morgan fingerprint density at radius 1 is 0.947 bits per heavy atom. The second-order valence-electron chi connectivity index (χ2n) is 8.97. The molecule has 0 saturated carbocycles. The molecule has 0 aliphatic carbocycles. The maximum Gasteiger partial charge on any atom is 0.415 e. The molecular weight excluding hydrogens is 488 g/mol. The van der Waals surface area contributed by atoms with Gasteiger partial charge in [0.05, 0.1) is 19.8 Å². The zero-order chi connectivity index (χ0) is 26.6. The number of amides is 1. The molecule has 38 heavy (non-hydrogen) atoms. The SMILES string of the molecule is COc1cc(O)c2c(=O)c(-c3ccc(OC(=O)N4CCN(Cc5ccccc5OC)CC4)cc3)coc2c1. The van der Waals surface area contributed by atoms with Crippen LogP contribution in [0.3, 0.4) is 0 Å². The third kappa shape index (κ3) is 5.14. The Bertz CT molecular complexity index is 1510. The number of carbonyl (C=O) groups is 1. The number of aromatic hydroxyl groups is 1. The van der Waals surface area contributed by atoms with Gasteiger partial charge in [0, 0.05) is 50.4 Å². The average molecular weight is 517 g/mol. The van der Waals surface area contributed by atoms with Gasteiger partial charge in [-0.15, -0.1) is 0 Å². The van der Waals surface area contributed by atoms with Crippen LogP contribution in [0.2, 0.25) is 0 Å². The van der Waals surface area contributed by atoms with Gasteiger partial charge in [0.25, 0.3) is 0 Å². The maximum atomic E-state index is 13.0. The molecule has 1 aromatic heterocycles. The molecule has 2 heterocycles. The van der Waals surface area contributed by atoms with Gasteiger partial charge >= 0.3 is 6.09 Å². The molecule has 0 atom stereocenters. The number of hydrogen-bond acceptors (Lipinski definition) is 8. The Morgan fingerprint density at radius 2 is 1.68 bits per heavy atom. The zero-order valence-electron chi connectivity index (χ0n) is 21.2. The number of benzene rings is 3. The summed E-state index contributed by atoms with van der Waals surface area (Å²) in [5.74, 6) is 1.39. The lowest BCUT2D eigenvalue weighted by Gasteiger charge is -2.34. The van der Waals surface area contributed by atoms with Crippen molar-refractivity contribution in [2.24, 2.45) is 0 Å². The number of carbonyl (C=O) groups excluding carboxylic acids is 1. The first kappa shape index (κ1) is 25.2. The average Bonchev–Trinajstić information content (AvgIpc) is 2.94. The van der Waals surface area contributed by atoms with Crippen molar-refractivity contribution in [2.45, 2.75) is 6.54 Å². The molecule has 5 rings (SSSR count). The fourth-order valence-corrected chi connectivity index (χ4v) is 4.56. The van der Waals surface area contributed by atoms with Gasteiger partial charge in [-0.2, -0.15) is 0 Å². The number of phenols is 1. The van der Waals surface area contributed by atoms with Gasteiger partial charge in [-0.1, -0.05) is 30.3 Å². The first-order chi connectivity index (χ1) is 18.5. The zero-order valence-corrected chi connectivity index (χ0v) is 21.2. The van der Waals surface area contributed by atoms with Crippen LogP contribution >= 0.6 is 0 Å². The molecule has 1 N–H and O–H groups in total. The third-order valence-corrected chi connectivity index (χ3v) is 6.65. The maximum absolute atomic E-state index is 13.0. The summed E-state index contributed by atoms with van der Waals surface area (Å²) in [6, 6.07) is 17.4. The van der Waals surface area contributed by atoms with E-state index in [-0.39, 0.29) is 27.7 Å². The molecular formula is C29H28N2O7. The van der Waals surface area contributed by atoms with Crippen molar-refractivity contribution in [3.63, 3.8) is 0 Å². The van der Waals surface area contributed by atoms with E-state index >= 15 is 0 Å². The normalized spacial score (nSPS) is 13.9. The predicted octanol–water partition coefficient (Wildman–Crippen LogP) is 4.50. The number of nitrogens with zero attached hydrogens (tertiary/aromatic N) is 2. The lowest BCUT2D eigenvalue weighted by Crippen LogP contribution is -2.49. The summed E-state index contributed by atoms with van der Waals surface area (Å²) in [4.78, 5) is 29.7. The molecule has 1 amide bonds. The van der Waals surface area contributed by atoms with E-state index in [4.69, 9.17) is 18.6 Å². The highest BCUT2D eigenvalue weighted by Gasteiger charge is 2.23. The van der Waals surface area contributed by atoms with E-state index in [0.717, 1.165) is 30.9 Å². The van der Waals surface area contributed by atoms with E-state index in [0.29, 0.717) is 30.2 Å². The summed E-state index contributed by atoms with van der Waals surface area (Å²) in [6.07, 6.45) is 0.925. The van der Waals surface area contributed by atoms with Crippen molar-refractivity contribution in [3.8, 4) is 34.1 Å². The van der Waals surface area contributed by atoms with Crippen LogP contribution in [0.25, 0.3) is 22.1 Å². The second-order valence-corrected chi connectivity index (χ2v) is 8.97. The molecule has 4 aromatic rings. The van der Waals surface area contributed by atoms with E-state index in [1.807, 2.05) is 24.3 Å². The van der Waals surface area contributed by atoms with Gasteiger partial charge in [-0.25, -0.2) is 4.79 Å². The number of methoxy groups -OCH3 is 2. The third-order valence-electron chi connectivity index (χ3n) is 6.65. The Kier molecular flexibility index (Phi) is 7.19. The first-order valence-electron chi connectivity index (χ1n) is 12.2. The molecule has 196 valence electrons. The second kappa shape index (κ2) is 10.9. The van der Waals surface area contributed by atoms with Crippen molar-refractivity contribution in [1.29, 1.82) is 0 Å². The fraction of sp³-hybridized carbons (Fsp3) is 0.241. The van der Waals surface area contributed by atoms with Crippen molar-refractivity contribution in [3.05, 3.63) is 82.7 Å². The number of piperazine rings is 1. The minimum absolute atomic E-state index is 0.0728. The quantitative estimate of drug-likeness (QED) is 0.400. The van der Waals surface area contributed by atoms with Gasteiger partial charge in [0.15, 0.2) is 0 Å². The summed E-state index contributed by atoms with van der Waals surface area (Å²) < 4.78 is 21.7. The molecule has 1 fully saturated rings. The predicted molar refractivity (Wildman–Crippen MR) is 142 cm³/mol. The highest BCUT2D eigenvalue weighted by atomic mass is 16.6. The van der Waals surface area contributed by atoms with Crippen LogP contribution in [0.15, 0.2) is 76.1 Å². The highest BCUT2D eigenvalue weighted by molar-refractivity contribution is 5.88. The lowest BCUT2D eigenvalue weighted by atomic mass is 10.0. The van der Waals surface area contributed by atoms with Crippen LogP contribution in [0, 0.1) is 0 Å². The van der Waals surface area contributed by atoms with E-state index < -0.39 is 6.09 Å². The number of ether oxygens (including phenoxy) is 3. The van der Waals surface area contributed by atoms with Crippen LogP contribution < -0.4 is 19.6 Å². The Hall–Kier alpha value is -4.50. The minimum Gasteiger partial charge on any atom is -0.507 e. The summed E-state index contributed by atoms with van der Waals surface area (Å²) in [6.45, 7) is 3.31. The van der Waals surface area contributed by atoms with E-state index in [2.05, 4.69) is 4.90 Å². The monoisotopic (exact) mass is 516 g/mol. The van der Waals surface area contributed by atoms with Crippen LogP contribution in [0.4, 0.5) is 4.79 Å². The fourth-order valence-electron chi connectivity index (χ4n) is 4.56. The number of phenolic OH excluding ortho intramolecular Hbond substituents is 1. The van der Waals surface area contributed by atoms with Crippen molar-refractivity contribution in [1.82, 2.24) is 9.80 Å². The summed E-state index contributed by atoms with van der Waals surface area (Å²) in [5, 5.41) is 10.4. The van der Waals surface area contributed by atoms with E-state index in [9.17, 15) is 14.7 Å². The van der Waals surface area contributed by atoms with Gasteiger partial charge in [0.2, 0.25) is 5.43 Å². The molecule has 0 radical (unpaired) electrons. The van der Waals surface area contributed by atoms with Crippen molar-refractivity contribution < 1.29 is 28.5 Å². The Morgan fingerprint density at radius 3 is 2.39 bits per heavy atom.